The van der Waals surface area contributed by atoms with Crippen LogP contribution >= 0.6 is 0 Å². The van der Waals surface area contributed by atoms with Gasteiger partial charge < -0.3 is 15.4 Å². The number of nitrogens with one attached hydrogen (secondary N) is 2. The minimum Gasteiger partial charge on any atom is -0.451 e. The smallest absolute Gasteiger partial charge is 0.326 e. The first-order valence-corrected chi connectivity index (χ1v) is 9.97. The first-order valence-electron chi connectivity index (χ1n) is 9.97. The Balaban J connectivity index is 1.48. The van der Waals surface area contributed by atoms with Crippen LogP contribution in [0.15, 0.2) is 42.5 Å². The van der Waals surface area contributed by atoms with Crippen LogP contribution in [-0.2, 0) is 19.1 Å². The van der Waals surface area contributed by atoms with Crippen molar-refractivity contribution in [3.05, 3.63) is 64.7 Å². The van der Waals surface area contributed by atoms with E-state index in [1.807, 2.05) is 32.0 Å². The lowest BCUT2D eigenvalue weighted by atomic mass is 10.1. The molecule has 2 aromatic rings. The predicted octanol–water partition coefficient (Wildman–Crippen LogP) is 1.59. The highest BCUT2D eigenvalue weighted by atomic mass is 16.5. The second-order valence-corrected chi connectivity index (χ2v) is 7.41. The third-order valence-corrected chi connectivity index (χ3v) is 5.01. The number of amides is 4. The molecule has 0 aliphatic carbocycles. The number of carbonyl (C=O) groups excluding carboxylic acids is 5. The summed E-state index contributed by atoms with van der Waals surface area (Å²) in [6.07, 6.45) is -1.22. The topological polar surface area (TPSA) is 122 Å². The molecule has 2 aromatic carbocycles. The van der Waals surface area contributed by atoms with Crippen LogP contribution in [0.3, 0.4) is 0 Å². The molecule has 0 saturated heterocycles. The van der Waals surface area contributed by atoms with Gasteiger partial charge in [-0.15, -0.1) is 0 Å². The molecular formula is C23H23N3O6. The van der Waals surface area contributed by atoms with E-state index in [1.54, 1.807) is 12.1 Å². The minimum absolute atomic E-state index is 0.214. The lowest BCUT2D eigenvalue weighted by molar-refractivity contribution is -0.154. The lowest BCUT2D eigenvalue weighted by Gasteiger charge is -2.17. The fourth-order valence-corrected chi connectivity index (χ4v) is 3.31. The molecule has 0 radical (unpaired) electrons. The largest absolute Gasteiger partial charge is 0.451 e. The summed E-state index contributed by atoms with van der Waals surface area (Å²) >= 11 is 0. The van der Waals surface area contributed by atoms with Gasteiger partial charge in [0, 0.05) is 5.69 Å². The Morgan fingerprint density at radius 1 is 0.938 bits per heavy atom. The number of hydrogen-bond donors (Lipinski definition) is 2. The number of rotatable bonds is 7. The molecule has 0 aromatic heterocycles. The summed E-state index contributed by atoms with van der Waals surface area (Å²) in [6, 6.07) is 11.8. The monoisotopic (exact) mass is 437 g/mol. The van der Waals surface area contributed by atoms with Crippen molar-refractivity contribution in [3.63, 3.8) is 0 Å². The van der Waals surface area contributed by atoms with E-state index in [4.69, 9.17) is 4.74 Å². The highest BCUT2D eigenvalue weighted by Gasteiger charge is 2.37. The number of imide groups is 1. The molecule has 166 valence electrons. The Morgan fingerprint density at radius 3 is 2.06 bits per heavy atom. The summed E-state index contributed by atoms with van der Waals surface area (Å²) in [5, 5.41) is 5.13. The molecule has 1 aliphatic rings. The first-order chi connectivity index (χ1) is 15.2. The van der Waals surface area contributed by atoms with Crippen LogP contribution < -0.4 is 10.6 Å². The van der Waals surface area contributed by atoms with Gasteiger partial charge in [0.1, 0.15) is 6.54 Å². The SMILES string of the molecule is Cc1cccc(C)c1NC(=O)CNC(=O)[C@H](C)OC(=O)CN1C(=O)c2ccccc2C1=O. The standard InChI is InChI=1S/C23H23N3O6/c1-13-7-6-8-14(2)20(13)25-18(27)11-24-21(29)15(3)32-19(28)12-26-22(30)16-9-4-5-10-17(16)23(26)31/h4-10,15H,11-12H2,1-3H3,(H,24,29)(H,25,27)/t15-/m0/s1. The summed E-state index contributed by atoms with van der Waals surface area (Å²) in [6.45, 7) is 4.12. The zero-order chi connectivity index (χ0) is 23.4. The fraction of sp³-hybridized carbons (Fsp3) is 0.261. The number of esters is 1. The average molecular weight is 437 g/mol. The van der Waals surface area contributed by atoms with Gasteiger partial charge in [0.15, 0.2) is 6.10 Å². The van der Waals surface area contributed by atoms with E-state index in [9.17, 15) is 24.0 Å². The maximum absolute atomic E-state index is 12.3. The van der Waals surface area contributed by atoms with Crippen LogP contribution in [0, 0.1) is 13.8 Å². The number of para-hydroxylation sites is 1. The normalized spacial score (nSPS) is 13.4. The van der Waals surface area contributed by atoms with E-state index in [2.05, 4.69) is 10.6 Å². The molecule has 0 spiro atoms. The number of hydrogen-bond acceptors (Lipinski definition) is 6. The Kier molecular flexibility index (Phi) is 6.67. The Labute approximate surface area is 184 Å². The molecule has 1 aliphatic heterocycles. The van der Waals surface area contributed by atoms with Crippen molar-refractivity contribution in [2.75, 3.05) is 18.4 Å². The quantitative estimate of drug-likeness (QED) is 0.501. The maximum atomic E-state index is 12.3. The van der Waals surface area contributed by atoms with E-state index < -0.39 is 42.2 Å². The van der Waals surface area contributed by atoms with Crippen LogP contribution in [0.1, 0.15) is 38.8 Å². The van der Waals surface area contributed by atoms with Crippen LogP contribution in [0.2, 0.25) is 0 Å². The van der Waals surface area contributed by atoms with Crippen molar-refractivity contribution < 1.29 is 28.7 Å². The Bertz CT molecular complexity index is 1060. The summed E-state index contributed by atoms with van der Waals surface area (Å²) < 4.78 is 5.03. The Morgan fingerprint density at radius 2 is 1.50 bits per heavy atom. The number of ether oxygens (including phenoxy) is 1. The van der Waals surface area contributed by atoms with Crippen molar-refractivity contribution in [1.82, 2.24) is 10.2 Å². The number of benzene rings is 2. The highest BCUT2D eigenvalue weighted by Crippen LogP contribution is 2.22. The summed E-state index contributed by atoms with van der Waals surface area (Å²) in [4.78, 5) is 61.9. The maximum Gasteiger partial charge on any atom is 0.326 e. The molecule has 3 rings (SSSR count). The van der Waals surface area contributed by atoms with Gasteiger partial charge in [-0.25, -0.2) is 0 Å². The molecule has 4 amide bonds. The lowest BCUT2D eigenvalue weighted by Crippen LogP contribution is -2.42. The van der Waals surface area contributed by atoms with Gasteiger partial charge in [-0.2, -0.15) is 0 Å². The summed E-state index contributed by atoms with van der Waals surface area (Å²) in [5.41, 5.74) is 2.88. The molecule has 2 N–H and O–H groups in total. The minimum atomic E-state index is -1.22. The number of aryl methyl sites for hydroxylation is 2. The second-order valence-electron chi connectivity index (χ2n) is 7.41. The molecule has 0 saturated carbocycles. The molecule has 1 atom stereocenters. The van der Waals surface area contributed by atoms with Gasteiger partial charge in [-0.1, -0.05) is 30.3 Å². The molecule has 0 unspecified atom stereocenters. The average Bonchev–Trinajstić information content (AvgIpc) is 2.99. The number of anilines is 1. The van der Waals surface area contributed by atoms with Gasteiger partial charge in [0.05, 0.1) is 17.7 Å². The van der Waals surface area contributed by atoms with E-state index in [0.717, 1.165) is 16.0 Å². The van der Waals surface area contributed by atoms with Crippen molar-refractivity contribution in [1.29, 1.82) is 0 Å². The molecule has 0 fully saturated rings. The first kappa shape index (κ1) is 22.7. The van der Waals surface area contributed by atoms with Gasteiger partial charge in [-0.3, -0.25) is 28.9 Å². The van der Waals surface area contributed by atoms with Gasteiger partial charge >= 0.3 is 5.97 Å². The summed E-state index contributed by atoms with van der Waals surface area (Å²) in [5.74, 6) is -3.22. The van der Waals surface area contributed by atoms with Crippen LogP contribution in [0.4, 0.5) is 5.69 Å². The second kappa shape index (κ2) is 9.42. The van der Waals surface area contributed by atoms with Crippen molar-refractivity contribution in [2.45, 2.75) is 26.9 Å². The van der Waals surface area contributed by atoms with Crippen LogP contribution in [0.5, 0.6) is 0 Å². The molecule has 9 heteroatoms. The highest BCUT2D eigenvalue weighted by molar-refractivity contribution is 6.22. The molecule has 1 heterocycles. The van der Waals surface area contributed by atoms with Gasteiger partial charge in [0.2, 0.25) is 5.91 Å². The molecule has 0 bridgehead atoms. The van der Waals surface area contributed by atoms with Gasteiger partial charge in [-0.05, 0) is 44.0 Å². The summed E-state index contributed by atoms with van der Waals surface area (Å²) in [7, 11) is 0. The van der Waals surface area contributed by atoms with E-state index in [0.29, 0.717) is 5.69 Å². The van der Waals surface area contributed by atoms with E-state index in [-0.39, 0.29) is 17.7 Å². The van der Waals surface area contributed by atoms with Crippen molar-refractivity contribution in [2.24, 2.45) is 0 Å². The zero-order valence-corrected chi connectivity index (χ0v) is 17.9. The van der Waals surface area contributed by atoms with Gasteiger partial charge in [0.25, 0.3) is 17.7 Å². The van der Waals surface area contributed by atoms with E-state index in [1.165, 1.54) is 19.1 Å². The number of nitrogens with zero attached hydrogens (tertiary/aromatic N) is 1. The molecule has 9 nitrogen and oxygen atoms in total. The number of fused-ring (bicyclic) bond motifs is 1. The van der Waals surface area contributed by atoms with E-state index >= 15 is 0 Å². The third-order valence-electron chi connectivity index (χ3n) is 5.01. The Hall–Kier alpha value is -4.01. The molecular weight excluding hydrogens is 414 g/mol. The number of carbonyl (C=O) groups is 5. The van der Waals surface area contributed by atoms with Crippen molar-refractivity contribution >= 4 is 35.3 Å². The van der Waals surface area contributed by atoms with Crippen LogP contribution in [0.25, 0.3) is 0 Å². The zero-order valence-electron chi connectivity index (χ0n) is 17.9. The third kappa shape index (κ3) is 4.83. The van der Waals surface area contributed by atoms with Crippen molar-refractivity contribution in [3.8, 4) is 0 Å². The molecule has 32 heavy (non-hydrogen) atoms. The fourth-order valence-electron chi connectivity index (χ4n) is 3.31. The predicted molar refractivity (Wildman–Crippen MR) is 115 cm³/mol. The van der Waals surface area contributed by atoms with Crippen LogP contribution in [-0.4, -0.2) is 53.7 Å².